The highest BCUT2D eigenvalue weighted by Crippen LogP contribution is 2.14. The molecule has 0 aliphatic carbocycles. The monoisotopic (exact) mass is 254 g/mol. The number of ether oxygens (including phenoxy) is 1. The average Bonchev–Trinajstić information content (AvgIpc) is 2.28. The van der Waals surface area contributed by atoms with Gasteiger partial charge in [0.1, 0.15) is 5.82 Å². The van der Waals surface area contributed by atoms with Gasteiger partial charge in [0.05, 0.1) is 18.3 Å². The van der Waals surface area contributed by atoms with Gasteiger partial charge in [0.25, 0.3) is 0 Å². The Balaban J connectivity index is 2.85. The summed E-state index contributed by atoms with van der Waals surface area (Å²) in [6.07, 6.45) is -0.643. The minimum absolute atomic E-state index is 0.186. The van der Waals surface area contributed by atoms with Crippen LogP contribution in [0.5, 0.6) is 0 Å². The molecule has 0 saturated heterocycles. The summed E-state index contributed by atoms with van der Waals surface area (Å²) in [6, 6.07) is 2.99. The van der Waals surface area contributed by atoms with Crippen LogP contribution in [0.1, 0.15) is 16.1 Å². The Bertz CT molecular complexity index is 423. The highest BCUT2D eigenvalue weighted by Gasteiger charge is 2.13. The van der Waals surface area contributed by atoms with Gasteiger partial charge in [-0.2, -0.15) is 0 Å². The van der Waals surface area contributed by atoms with Crippen molar-refractivity contribution in [3.8, 4) is 0 Å². The standard InChI is InChI=1S/C12H18N2O4/c1-8-4-9(12(16)17)5-11(13-8)14(2)6-10(15)7-18-3/h4-5,10,15H,6-7H2,1-3H3,(H,16,17). The summed E-state index contributed by atoms with van der Waals surface area (Å²) in [5, 5.41) is 18.6. The fourth-order valence-corrected chi connectivity index (χ4v) is 1.62. The SMILES string of the molecule is COCC(O)CN(C)c1cc(C(=O)O)cc(C)n1. The van der Waals surface area contributed by atoms with Gasteiger partial charge in [-0.15, -0.1) is 0 Å². The lowest BCUT2D eigenvalue weighted by Crippen LogP contribution is -2.32. The quantitative estimate of drug-likeness (QED) is 0.770. The van der Waals surface area contributed by atoms with Crippen LogP contribution in [0, 0.1) is 6.92 Å². The van der Waals surface area contributed by atoms with E-state index in [2.05, 4.69) is 4.98 Å². The predicted octanol–water partition coefficient (Wildman–Crippen LogP) is 0.532. The van der Waals surface area contributed by atoms with E-state index in [0.29, 0.717) is 18.1 Å². The van der Waals surface area contributed by atoms with E-state index < -0.39 is 12.1 Å². The topological polar surface area (TPSA) is 82.9 Å². The number of aromatic nitrogens is 1. The fourth-order valence-electron chi connectivity index (χ4n) is 1.62. The van der Waals surface area contributed by atoms with E-state index in [1.165, 1.54) is 19.2 Å². The second-order valence-electron chi connectivity index (χ2n) is 4.15. The maximum atomic E-state index is 10.9. The van der Waals surface area contributed by atoms with Crippen LogP contribution in [0.4, 0.5) is 5.82 Å². The molecule has 6 heteroatoms. The van der Waals surface area contributed by atoms with Crippen LogP contribution in [0.2, 0.25) is 0 Å². The number of hydrogen-bond donors (Lipinski definition) is 2. The molecule has 0 aliphatic rings. The van der Waals surface area contributed by atoms with Crippen LogP contribution >= 0.6 is 0 Å². The second-order valence-corrected chi connectivity index (χ2v) is 4.15. The number of aromatic carboxylic acids is 1. The normalized spacial score (nSPS) is 12.2. The molecule has 0 saturated carbocycles. The van der Waals surface area contributed by atoms with Crippen LogP contribution in [-0.2, 0) is 4.74 Å². The first-order valence-electron chi connectivity index (χ1n) is 5.54. The number of carbonyl (C=O) groups is 1. The Morgan fingerprint density at radius 2 is 2.22 bits per heavy atom. The van der Waals surface area contributed by atoms with Gasteiger partial charge in [0.2, 0.25) is 0 Å². The number of aliphatic hydroxyl groups is 1. The first-order chi connectivity index (χ1) is 8.43. The molecule has 1 unspecified atom stereocenters. The molecule has 0 amide bonds. The van der Waals surface area contributed by atoms with Crippen molar-refractivity contribution in [2.75, 3.05) is 32.2 Å². The van der Waals surface area contributed by atoms with Crippen molar-refractivity contribution in [1.82, 2.24) is 4.98 Å². The average molecular weight is 254 g/mol. The number of carboxylic acid groups (broad SMARTS) is 1. The largest absolute Gasteiger partial charge is 0.478 e. The Labute approximate surface area is 106 Å². The fraction of sp³-hybridized carbons (Fsp3) is 0.500. The first kappa shape index (κ1) is 14.4. The summed E-state index contributed by atoms with van der Waals surface area (Å²) in [6.45, 7) is 2.28. The lowest BCUT2D eigenvalue weighted by molar-refractivity contribution is 0.0694. The number of nitrogens with zero attached hydrogens (tertiary/aromatic N) is 2. The molecule has 100 valence electrons. The second kappa shape index (κ2) is 6.32. The summed E-state index contributed by atoms with van der Waals surface area (Å²) < 4.78 is 4.83. The zero-order valence-corrected chi connectivity index (χ0v) is 10.8. The summed E-state index contributed by atoms with van der Waals surface area (Å²) in [4.78, 5) is 16.9. The smallest absolute Gasteiger partial charge is 0.335 e. The van der Waals surface area contributed by atoms with Crippen molar-refractivity contribution < 1.29 is 19.7 Å². The van der Waals surface area contributed by atoms with E-state index in [1.54, 1.807) is 18.9 Å². The molecule has 1 aromatic rings. The van der Waals surface area contributed by atoms with Gasteiger partial charge in [-0.3, -0.25) is 0 Å². The highest BCUT2D eigenvalue weighted by molar-refractivity contribution is 5.88. The zero-order valence-electron chi connectivity index (χ0n) is 10.8. The Morgan fingerprint density at radius 1 is 1.56 bits per heavy atom. The van der Waals surface area contributed by atoms with Gasteiger partial charge >= 0.3 is 5.97 Å². The molecule has 18 heavy (non-hydrogen) atoms. The van der Waals surface area contributed by atoms with Crippen LogP contribution in [0.3, 0.4) is 0 Å². The van der Waals surface area contributed by atoms with Gasteiger partial charge in [-0.25, -0.2) is 9.78 Å². The van der Waals surface area contributed by atoms with Crippen molar-refractivity contribution in [2.24, 2.45) is 0 Å². The molecule has 0 radical (unpaired) electrons. The van der Waals surface area contributed by atoms with Crippen LogP contribution < -0.4 is 4.90 Å². The number of aryl methyl sites for hydroxylation is 1. The third-order valence-electron chi connectivity index (χ3n) is 2.42. The first-order valence-corrected chi connectivity index (χ1v) is 5.54. The summed E-state index contributed by atoms with van der Waals surface area (Å²) in [7, 11) is 3.25. The van der Waals surface area contributed by atoms with Gasteiger partial charge in [-0.05, 0) is 19.1 Å². The van der Waals surface area contributed by atoms with Crippen molar-refractivity contribution in [3.63, 3.8) is 0 Å². The van der Waals surface area contributed by atoms with Gasteiger partial charge in [-0.1, -0.05) is 0 Å². The molecular formula is C12H18N2O4. The van der Waals surface area contributed by atoms with Gasteiger partial charge in [0.15, 0.2) is 0 Å². The Hall–Kier alpha value is -1.66. The van der Waals surface area contributed by atoms with Crippen LogP contribution in [0.15, 0.2) is 12.1 Å². The Kier molecular flexibility index (Phi) is 5.06. The lowest BCUT2D eigenvalue weighted by Gasteiger charge is -2.22. The number of methoxy groups -OCH3 is 1. The molecule has 1 heterocycles. The van der Waals surface area contributed by atoms with E-state index in [0.717, 1.165) is 0 Å². The highest BCUT2D eigenvalue weighted by atomic mass is 16.5. The maximum absolute atomic E-state index is 10.9. The number of anilines is 1. The number of hydrogen-bond acceptors (Lipinski definition) is 5. The van der Waals surface area contributed by atoms with Crippen LogP contribution in [0.25, 0.3) is 0 Å². The molecule has 1 aromatic heterocycles. The molecule has 0 fully saturated rings. The number of rotatable bonds is 6. The van der Waals surface area contributed by atoms with E-state index >= 15 is 0 Å². The molecule has 0 bridgehead atoms. The third kappa shape index (κ3) is 3.97. The van der Waals surface area contributed by atoms with Crippen molar-refractivity contribution in [1.29, 1.82) is 0 Å². The Morgan fingerprint density at radius 3 is 2.78 bits per heavy atom. The lowest BCUT2D eigenvalue weighted by atomic mass is 10.2. The molecule has 2 N–H and O–H groups in total. The van der Waals surface area contributed by atoms with E-state index in [1.807, 2.05) is 0 Å². The number of pyridine rings is 1. The summed E-state index contributed by atoms with van der Waals surface area (Å²) in [5.41, 5.74) is 0.809. The number of likely N-dealkylation sites (N-methyl/N-ethyl adjacent to an activating group) is 1. The molecule has 0 aromatic carbocycles. The zero-order chi connectivity index (χ0) is 13.7. The number of carboxylic acids is 1. The maximum Gasteiger partial charge on any atom is 0.335 e. The minimum atomic E-state index is -0.993. The van der Waals surface area contributed by atoms with Gasteiger partial charge in [0, 0.05) is 26.4 Å². The molecule has 1 rings (SSSR count). The molecule has 6 nitrogen and oxygen atoms in total. The van der Waals surface area contributed by atoms with Crippen molar-refractivity contribution >= 4 is 11.8 Å². The summed E-state index contributed by atoms with van der Waals surface area (Å²) >= 11 is 0. The van der Waals surface area contributed by atoms with E-state index in [-0.39, 0.29) is 12.2 Å². The van der Waals surface area contributed by atoms with Crippen LogP contribution in [-0.4, -0.2) is 54.6 Å². The van der Waals surface area contributed by atoms with Crippen molar-refractivity contribution in [3.05, 3.63) is 23.4 Å². The molecule has 1 atom stereocenters. The number of aliphatic hydroxyl groups excluding tert-OH is 1. The van der Waals surface area contributed by atoms with E-state index in [4.69, 9.17) is 9.84 Å². The minimum Gasteiger partial charge on any atom is -0.478 e. The molecule has 0 aliphatic heterocycles. The van der Waals surface area contributed by atoms with Crippen molar-refractivity contribution in [2.45, 2.75) is 13.0 Å². The van der Waals surface area contributed by atoms with E-state index in [9.17, 15) is 9.90 Å². The predicted molar refractivity (Wildman–Crippen MR) is 67.1 cm³/mol. The third-order valence-corrected chi connectivity index (χ3v) is 2.42. The molecule has 0 spiro atoms. The summed E-state index contributed by atoms with van der Waals surface area (Å²) in [5.74, 6) is -0.477. The molecular weight excluding hydrogens is 236 g/mol. The van der Waals surface area contributed by atoms with Gasteiger partial charge < -0.3 is 19.8 Å².